The molecule has 12 atom stereocenters. The third kappa shape index (κ3) is 36.1. The number of carbonyl (C=O) groups excluding carboxylic acids is 12. The van der Waals surface area contributed by atoms with Crippen LogP contribution in [0.2, 0.25) is 0 Å². The lowest BCUT2D eigenvalue weighted by molar-refractivity contribution is -0.142. The second kappa shape index (κ2) is 52.1. The van der Waals surface area contributed by atoms with Gasteiger partial charge in [0.15, 0.2) is 0 Å². The molecule has 12 amide bonds. The molecule has 3 aromatic carbocycles. The number of nitrogens with one attached hydrogen (secondary N) is 11. The first-order chi connectivity index (χ1) is 53.9. The number of hydrogen-bond donors (Lipinski definition) is 17. The van der Waals surface area contributed by atoms with Crippen molar-refractivity contribution in [2.45, 2.75) is 263 Å². The summed E-state index contributed by atoms with van der Waals surface area (Å²) in [5.74, 6) is -10.3. The first-order valence-corrected chi connectivity index (χ1v) is 40.4. The molecule has 3 aromatic rings. The van der Waals surface area contributed by atoms with E-state index in [-0.39, 0.29) is 107 Å². The van der Waals surface area contributed by atoms with Crippen LogP contribution in [0.25, 0.3) is 0 Å². The predicted molar refractivity (Wildman–Crippen MR) is 433 cm³/mol. The number of nitrogens with zero attached hydrogens (tertiary/aromatic N) is 1. The van der Waals surface area contributed by atoms with Crippen molar-refractivity contribution in [2.24, 2.45) is 52.3 Å². The van der Waals surface area contributed by atoms with Crippen LogP contribution in [0.1, 0.15) is 188 Å². The lowest BCUT2D eigenvalue weighted by atomic mass is 9.98. The number of likely N-dealkylation sites (tertiary alicyclic amines) is 1. The standard InChI is InChI=1S/C82H131N17O14/c1-51(2)43-62(75(105)95-65(47-55-27-12-9-13-28-55)78(108)96-66(48-56-29-14-10-15-30-56)79(109)98-68(82(112)113)49-57-31-16-11-17-32-57)89-70(100)50-88-80(110)69-37-26-42-99(69)81(111)67(46-54(7)8)97-77(107)64(45-53(5)6)94-76(106)63(44-52(3)4)93-74(104)61(36-21-25-41-86)92-73(103)60(35-20-24-40-85)91-72(102)59(34-19-23-39-84)90-71(101)58(87)33-18-22-38-83/h9-17,27-32,51-54,58-69H,18-26,33-50,83-87H2,1-8H3,(H,88,110)(H,89,100)(H,90,101)(H,91,102)(H,92,103)(H,93,104)(H,94,106)(H,95,105)(H,96,108)(H,97,107)(H,98,109)(H,112,113)/t58-,59-,60-,61-,62-,63-,64-,65-,66-,67-,68-,69-/m0/s1. The summed E-state index contributed by atoms with van der Waals surface area (Å²) in [6.45, 7) is 15.6. The SMILES string of the molecule is CC(C)C[C@H](NC(=O)CNC(=O)[C@@H]1CCCN1C(=O)[C@H](CC(C)C)NC(=O)[C@H](CC(C)C)NC(=O)[C@H](CC(C)C)NC(=O)[C@H](CCCCN)NC(=O)[C@H](CCCCN)NC(=O)[C@H](CCCCN)NC(=O)[C@@H](N)CCCCN)C(=O)N[C@@H](Cc1ccccc1)C(=O)N[C@@H](Cc1ccccc1)C(=O)N[C@@H](Cc1ccccc1)C(=O)O. The minimum absolute atomic E-state index is 0.0391. The Balaban J connectivity index is 1.51. The van der Waals surface area contributed by atoms with E-state index < -0.39 is 156 Å². The van der Waals surface area contributed by atoms with E-state index in [1.807, 2.05) is 55.4 Å². The zero-order valence-electron chi connectivity index (χ0n) is 67.6. The zero-order chi connectivity index (χ0) is 83.5. The van der Waals surface area contributed by atoms with Gasteiger partial charge in [0, 0.05) is 25.8 Å². The summed E-state index contributed by atoms with van der Waals surface area (Å²) in [4.78, 5) is 186. The number of benzene rings is 3. The van der Waals surface area contributed by atoms with E-state index in [4.69, 9.17) is 28.7 Å². The second-order valence-corrected chi connectivity index (χ2v) is 31.2. The van der Waals surface area contributed by atoms with Crippen LogP contribution in [0.4, 0.5) is 0 Å². The van der Waals surface area contributed by atoms with Crippen LogP contribution in [-0.2, 0) is 81.6 Å². The first kappa shape index (κ1) is 95.9. The summed E-state index contributed by atoms with van der Waals surface area (Å²) in [7, 11) is 0. The highest BCUT2D eigenvalue weighted by Crippen LogP contribution is 2.22. The summed E-state index contributed by atoms with van der Waals surface area (Å²) >= 11 is 0. The molecule has 31 nitrogen and oxygen atoms in total. The van der Waals surface area contributed by atoms with Crippen LogP contribution in [0.3, 0.4) is 0 Å². The normalized spacial score (nSPS) is 15.7. The van der Waals surface area contributed by atoms with Gasteiger partial charge in [-0.05, 0) is 176 Å². The highest BCUT2D eigenvalue weighted by Gasteiger charge is 2.41. The van der Waals surface area contributed by atoms with E-state index in [9.17, 15) is 67.4 Å². The fourth-order valence-electron chi connectivity index (χ4n) is 13.4. The van der Waals surface area contributed by atoms with Gasteiger partial charge < -0.3 is 97.2 Å². The van der Waals surface area contributed by atoms with Crippen molar-refractivity contribution in [1.29, 1.82) is 0 Å². The van der Waals surface area contributed by atoms with Crippen LogP contribution < -0.4 is 87.2 Å². The van der Waals surface area contributed by atoms with Gasteiger partial charge in [0.2, 0.25) is 70.9 Å². The summed E-state index contributed by atoms with van der Waals surface area (Å²) in [5, 5.41) is 40.7. The largest absolute Gasteiger partial charge is 0.480 e. The van der Waals surface area contributed by atoms with Gasteiger partial charge in [-0.25, -0.2) is 4.79 Å². The Labute approximate surface area is 666 Å². The highest BCUT2D eigenvalue weighted by molar-refractivity contribution is 5.99. The minimum Gasteiger partial charge on any atom is -0.480 e. The van der Waals surface area contributed by atoms with Crippen molar-refractivity contribution in [3.05, 3.63) is 108 Å². The molecule has 0 aliphatic carbocycles. The maximum atomic E-state index is 14.8. The lowest BCUT2D eigenvalue weighted by Crippen LogP contribution is -2.60. The number of amides is 12. The molecule has 0 bridgehead atoms. The Kier molecular flexibility index (Phi) is 44.2. The fraction of sp³-hybridized carbons (Fsp3) is 0.622. The molecule has 1 aliphatic rings. The molecular weight excluding hydrogens is 1450 g/mol. The van der Waals surface area contributed by atoms with Crippen molar-refractivity contribution in [3.8, 4) is 0 Å². The van der Waals surface area contributed by atoms with E-state index in [1.165, 1.54) is 4.90 Å². The van der Waals surface area contributed by atoms with Crippen molar-refractivity contribution in [2.75, 3.05) is 39.3 Å². The maximum absolute atomic E-state index is 14.8. The van der Waals surface area contributed by atoms with Crippen molar-refractivity contribution in [1.82, 2.24) is 63.4 Å². The van der Waals surface area contributed by atoms with E-state index in [2.05, 4.69) is 58.5 Å². The Morgan fingerprint density at radius 1 is 0.372 bits per heavy atom. The Morgan fingerprint density at radius 2 is 0.664 bits per heavy atom. The number of carbonyl (C=O) groups is 13. The molecule has 1 saturated heterocycles. The molecule has 0 spiro atoms. The summed E-state index contributed by atoms with van der Waals surface area (Å²) in [6.07, 6.45) is 5.75. The van der Waals surface area contributed by atoms with Crippen LogP contribution in [0.15, 0.2) is 91.0 Å². The van der Waals surface area contributed by atoms with Gasteiger partial charge in [0.1, 0.15) is 66.5 Å². The van der Waals surface area contributed by atoms with Gasteiger partial charge in [-0.3, -0.25) is 57.5 Å². The van der Waals surface area contributed by atoms with E-state index in [0.717, 1.165) is 0 Å². The lowest BCUT2D eigenvalue weighted by Gasteiger charge is -2.31. The summed E-state index contributed by atoms with van der Waals surface area (Å²) < 4.78 is 0. The molecule has 0 unspecified atom stereocenters. The van der Waals surface area contributed by atoms with Crippen LogP contribution in [0, 0.1) is 23.7 Å². The Bertz CT molecular complexity index is 3460. The molecule has 1 fully saturated rings. The van der Waals surface area contributed by atoms with Gasteiger partial charge in [-0.2, -0.15) is 0 Å². The van der Waals surface area contributed by atoms with Crippen molar-refractivity contribution < 1.29 is 67.4 Å². The first-order valence-electron chi connectivity index (χ1n) is 40.4. The predicted octanol–water partition coefficient (Wildman–Crippen LogP) is 1.78. The van der Waals surface area contributed by atoms with E-state index in [0.29, 0.717) is 101 Å². The molecule has 1 heterocycles. The molecular formula is C82H131N17O14. The van der Waals surface area contributed by atoms with E-state index >= 15 is 0 Å². The molecule has 0 aromatic heterocycles. The average molecular weight is 1580 g/mol. The van der Waals surface area contributed by atoms with Crippen LogP contribution in [-0.4, -0.2) is 199 Å². The molecule has 1 aliphatic heterocycles. The number of rotatable bonds is 54. The molecule has 31 heteroatoms. The topological polar surface area (TPSA) is 508 Å². The van der Waals surface area contributed by atoms with Gasteiger partial charge in [0.05, 0.1) is 12.6 Å². The van der Waals surface area contributed by atoms with Crippen LogP contribution in [0.5, 0.6) is 0 Å². The number of carboxylic acid groups (broad SMARTS) is 1. The Hall–Kier alpha value is -9.43. The zero-order valence-corrected chi connectivity index (χ0v) is 67.6. The molecule has 0 saturated carbocycles. The van der Waals surface area contributed by atoms with E-state index in [1.54, 1.807) is 91.0 Å². The van der Waals surface area contributed by atoms with Gasteiger partial charge in [-0.1, -0.05) is 153 Å². The van der Waals surface area contributed by atoms with Gasteiger partial charge in [0.25, 0.3) is 0 Å². The highest BCUT2D eigenvalue weighted by atomic mass is 16.4. The average Bonchev–Trinajstić information content (AvgIpc) is 1.77. The number of aliphatic carboxylic acids is 1. The minimum atomic E-state index is -1.35. The molecule has 113 heavy (non-hydrogen) atoms. The summed E-state index contributed by atoms with van der Waals surface area (Å²) in [5.41, 5.74) is 31.3. The second-order valence-electron chi connectivity index (χ2n) is 31.2. The fourth-order valence-corrected chi connectivity index (χ4v) is 13.4. The third-order valence-electron chi connectivity index (χ3n) is 19.4. The molecule has 628 valence electrons. The van der Waals surface area contributed by atoms with Gasteiger partial charge >= 0.3 is 5.97 Å². The number of unbranched alkanes of at least 4 members (excludes halogenated alkanes) is 4. The number of hydrogen-bond acceptors (Lipinski definition) is 18. The van der Waals surface area contributed by atoms with Crippen molar-refractivity contribution in [3.63, 3.8) is 0 Å². The maximum Gasteiger partial charge on any atom is 0.326 e. The Morgan fingerprint density at radius 3 is 1.03 bits per heavy atom. The third-order valence-corrected chi connectivity index (χ3v) is 19.4. The number of nitrogens with two attached hydrogens (primary N) is 5. The van der Waals surface area contributed by atoms with Crippen molar-refractivity contribution >= 4 is 76.9 Å². The molecule has 22 N–H and O–H groups in total. The molecule has 4 rings (SSSR count). The smallest absolute Gasteiger partial charge is 0.326 e. The molecule has 0 radical (unpaired) electrons. The number of carboxylic acids is 1. The quantitative estimate of drug-likeness (QED) is 0.0358. The monoisotopic (exact) mass is 1580 g/mol. The van der Waals surface area contributed by atoms with Gasteiger partial charge in [-0.15, -0.1) is 0 Å². The van der Waals surface area contributed by atoms with Crippen LogP contribution >= 0.6 is 0 Å². The summed E-state index contributed by atoms with van der Waals surface area (Å²) in [6, 6.07) is 12.0.